The molecule has 162 valence electrons. The van der Waals surface area contributed by atoms with E-state index in [2.05, 4.69) is 17.2 Å². The average molecular weight is 432 g/mol. The number of nitrogens with one attached hydrogen (secondary N) is 1. The van der Waals surface area contributed by atoms with E-state index in [4.69, 9.17) is 4.74 Å². The molecular formula is C23H30FN3O2S. The van der Waals surface area contributed by atoms with Gasteiger partial charge in [0.15, 0.2) is 0 Å². The molecule has 4 atom stereocenters. The number of carbonyl (C=O) groups excluding carboxylic acids is 1. The summed E-state index contributed by atoms with van der Waals surface area (Å²) in [5, 5.41) is 5.93. The van der Waals surface area contributed by atoms with Crippen LogP contribution >= 0.6 is 11.3 Å². The third-order valence-electron chi connectivity index (χ3n) is 6.15. The van der Waals surface area contributed by atoms with Crippen LogP contribution in [0.1, 0.15) is 48.5 Å². The second kappa shape index (κ2) is 9.54. The van der Waals surface area contributed by atoms with Crippen LogP contribution in [0.3, 0.4) is 0 Å². The molecule has 1 N–H and O–H groups in total. The lowest BCUT2D eigenvalue weighted by atomic mass is 9.92. The molecular weight excluding hydrogens is 401 g/mol. The zero-order valence-electron chi connectivity index (χ0n) is 17.6. The van der Waals surface area contributed by atoms with Crippen LogP contribution in [0.25, 0.3) is 10.6 Å². The second-order valence-corrected chi connectivity index (χ2v) is 9.44. The fourth-order valence-electron chi connectivity index (χ4n) is 4.32. The molecule has 7 heteroatoms. The van der Waals surface area contributed by atoms with Gasteiger partial charge in [0.1, 0.15) is 17.4 Å². The van der Waals surface area contributed by atoms with Crippen molar-refractivity contribution >= 4 is 17.2 Å². The zero-order valence-corrected chi connectivity index (χ0v) is 18.5. The highest BCUT2D eigenvalue weighted by atomic mass is 32.1. The van der Waals surface area contributed by atoms with E-state index in [9.17, 15) is 9.18 Å². The van der Waals surface area contributed by atoms with Gasteiger partial charge in [-0.1, -0.05) is 17.7 Å². The first kappa shape index (κ1) is 21.4. The maximum atomic E-state index is 13.6. The number of ether oxygens (including phenoxy) is 1. The van der Waals surface area contributed by atoms with Gasteiger partial charge in [-0.2, -0.15) is 0 Å². The summed E-state index contributed by atoms with van der Waals surface area (Å²) < 4.78 is 19.3. The van der Waals surface area contributed by atoms with E-state index in [1.165, 1.54) is 0 Å². The first-order valence-corrected chi connectivity index (χ1v) is 11.7. The quantitative estimate of drug-likeness (QED) is 0.761. The molecule has 4 unspecified atom stereocenters. The van der Waals surface area contributed by atoms with E-state index in [-0.39, 0.29) is 18.2 Å². The molecule has 2 saturated heterocycles. The number of amides is 1. The minimum absolute atomic E-state index is 0.0668. The Bertz CT molecular complexity index is 852. The standard InChI is InChI=1S/C23H30FN3O2S/c1-15-3-7-19(22-25-9-10-30-22)20(11-15)23(28)27-13-17(5-4-16(27)2)14-29-21-8-6-18(24)12-26-21/h3,7,9-11,16-18,21,26H,4-6,8,12-14H2,1-2H3. The summed E-state index contributed by atoms with van der Waals surface area (Å²) in [6.07, 6.45) is 4.18. The van der Waals surface area contributed by atoms with Gasteiger partial charge in [0.2, 0.25) is 0 Å². The molecule has 4 rings (SSSR count). The van der Waals surface area contributed by atoms with Crippen molar-refractivity contribution in [3.05, 3.63) is 40.9 Å². The molecule has 3 heterocycles. The molecule has 2 aliphatic rings. The monoisotopic (exact) mass is 431 g/mol. The van der Waals surface area contributed by atoms with Gasteiger partial charge in [0.05, 0.1) is 12.2 Å². The van der Waals surface area contributed by atoms with Crippen LogP contribution < -0.4 is 5.32 Å². The van der Waals surface area contributed by atoms with Crippen molar-refractivity contribution in [2.24, 2.45) is 5.92 Å². The SMILES string of the molecule is Cc1ccc(-c2nccs2)c(C(=O)N2CC(COC3CCC(F)CN3)CCC2C)c1. The predicted octanol–water partition coefficient (Wildman–Crippen LogP) is 4.42. The van der Waals surface area contributed by atoms with Gasteiger partial charge in [0, 0.05) is 42.2 Å². The summed E-state index contributed by atoms with van der Waals surface area (Å²) in [6, 6.07) is 6.20. The van der Waals surface area contributed by atoms with E-state index < -0.39 is 6.17 Å². The fourth-order valence-corrected chi connectivity index (χ4v) is 5.00. The number of piperidine rings is 2. The van der Waals surface area contributed by atoms with E-state index >= 15 is 0 Å². The van der Waals surface area contributed by atoms with Crippen molar-refractivity contribution in [3.63, 3.8) is 0 Å². The van der Waals surface area contributed by atoms with Crippen LogP contribution in [-0.2, 0) is 4.74 Å². The Morgan fingerprint density at radius 3 is 2.93 bits per heavy atom. The first-order chi connectivity index (χ1) is 14.5. The van der Waals surface area contributed by atoms with E-state index in [1.54, 1.807) is 17.5 Å². The maximum absolute atomic E-state index is 13.6. The summed E-state index contributed by atoms with van der Waals surface area (Å²) in [4.78, 5) is 20.0. The van der Waals surface area contributed by atoms with E-state index in [0.29, 0.717) is 38.5 Å². The Kier molecular flexibility index (Phi) is 6.80. The summed E-state index contributed by atoms with van der Waals surface area (Å²) >= 11 is 1.55. The lowest BCUT2D eigenvalue weighted by Crippen LogP contribution is -2.48. The summed E-state index contributed by atoms with van der Waals surface area (Å²) in [5.74, 6) is 0.361. The van der Waals surface area contributed by atoms with Crippen LogP contribution in [0.4, 0.5) is 4.39 Å². The van der Waals surface area contributed by atoms with Crippen molar-refractivity contribution in [2.45, 2.75) is 58.0 Å². The van der Waals surface area contributed by atoms with Crippen LogP contribution in [-0.4, -0.2) is 53.9 Å². The van der Waals surface area contributed by atoms with Crippen molar-refractivity contribution in [1.82, 2.24) is 15.2 Å². The lowest BCUT2D eigenvalue weighted by Gasteiger charge is -2.39. The minimum atomic E-state index is -0.769. The summed E-state index contributed by atoms with van der Waals surface area (Å²) in [5.41, 5.74) is 2.69. The molecule has 5 nitrogen and oxygen atoms in total. The van der Waals surface area contributed by atoms with Gasteiger partial charge in [-0.25, -0.2) is 9.37 Å². The number of benzene rings is 1. The molecule has 1 amide bonds. The molecule has 1 aromatic heterocycles. The van der Waals surface area contributed by atoms with Gasteiger partial charge in [-0.3, -0.25) is 10.1 Å². The molecule has 0 radical (unpaired) electrons. The highest BCUT2D eigenvalue weighted by molar-refractivity contribution is 7.13. The Labute approximate surface area is 181 Å². The molecule has 2 aliphatic heterocycles. The number of thiazole rings is 1. The number of aromatic nitrogens is 1. The molecule has 1 aromatic carbocycles. The largest absolute Gasteiger partial charge is 0.363 e. The van der Waals surface area contributed by atoms with Crippen LogP contribution in [0.2, 0.25) is 0 Å². The Hall–Kier alpha value is -1.83. The Morgan fingerprint density at radius 1 is 1.33 bits per heavy atom. The number of likely N-dealkylation sites (tertiary alicyclic amines) is 1. The highest BCUT2D eigenvalue weighted by Crippen LogP contribution is 2.31. The van der Waals surface area contributed by atoms with Gasteiger partial charge in [-0.15, -0.1) is 11.3 Å². The number of hydrogen-bond acceptors (Lipinski definition) is 5. The van der Waals surface area contributed by atoms with E-state index in [1.807, 2.05) is 35.4 Å². The number of carbonyl (C=O) groups is 1. The van der Waals surface area contributed by atoms with Crippen LogP contribution in [0, 0.1) is 12.8 Å². The van der Waals surface area contributed by atoms with Gasteiger partial charge in [0.25, 0.3) is 5.91 Å². The zero-order chi connectivity index (χ0) is 21.1. The van der Waals surface area contributed by atoms with Gasteiger partial charge < -0.3 is 9.64 Å². The third-order valence-corrected chi connectivity index (χ3v) is 6.96. The molecule has 30 heavy (non-hydrogen) atoms. The van der Waals surface area contributed by atoms with Crippen molar-refractivity contribution < 1.29 is 13.9 Å². The topological polar surface area (TPSA) is 54.5 Å². The van der Waals surface area contributed by atoms with Crippen molar-refractivity contribution in [1.29, 1.82) is 0 Å². The van der Waals surface area contributed by atoms with E-state index in [0.717, 1.165) is 34.5 Å². The number of nitrogens with zero attached hydrogens (tertiary/aromatic N) is 2. The molecule has 0 spiro atoms. The number of halogens is 1. The highest BCUT2D eigenvalue weighted by Gasteiger charge is 2.32. The maximum Gasteiger partial charge on any atom is 0.254 e. The smallest absolute Gasteiger partial charge is 0.254 e. The fraction of sp³-hybridized carbons (Fsp3) is 0.565. The van der Waals surface area contributed by atoms with Crippen molar-refractivity contribution in [3.8, 4) is 10.6 Å². The lowest BCUT2D eigenvalue weighted by molar-refractivity contribution is -0.0319. The predicted molar refractivity (Wildman–Crippen MR) is 117 cm³/mol. The van der Waals surface area contributed by atoms with Gasteiger partial charge in [-0.05, 0) is 45.6 Å². The average Bonchev–Trinajstić information content (AvgIpc) is 3.28. The number of aryl methyl sites for hydroxylation is 1. The van der Waals surface area contributed by atoms with Gasteiger partial charge >= 0.3 is 0 Å². The first-order valence-electron chi connectivity index (χ1n) is 10.8. The molecule has 2 fully saturated rings. The number of alkyl halides is 1. The Morgan fingerprint density at radius 2 is 2.20 bits per heavy atom. The second-order valence-electron chi connectivity index (χ2n) is 8.54. The molecule has 0 saturated carbocycles. The third kappa shape index (κ3) is 4.90. The number of rotatable bonds is 5. The van der Waals surface area contributed by atoms with Crippen LogP contribution in [0.5, 0.6) is 0 Å². The summed E-state index contributed by atoms with van der Waals surface area (Å²) in [7, 11) is 0. The summed E-state index contributed by atoms with van der Waals surface area (Å²) in [6.45, 7) is 5.78. The molecule has 2 aromatic rings. The molecule has 0 aliphatic carbocycles. The normalized spacial score (nSPS) is 27.2. The van der Waals surface area contributed by atoms with Crippen LogP contribution in [0.15, 0.2) is 29.8 Å². The minimum Gasteiger partial charge on any atom is -0.363 e. The Balaban J connectivity index is 1.45. The van der Waals surface area contributed by atoms with Crippen molar-refractivity contribution in [2.75, 3.05) is 19.7 Å². The molecule has 0 bridgehead atoms. The number of hydrogen-bond donors (Lipinski definition) is 1.